The quantitative estimate of drug-likeness (QED) is 0.513. The van der Waals surface area contributed by atoms with Crippen molar-refractivity contribution in [3.8, 4) is 11.1 Å². The highest BCUT2D eigenvalue weighted by atomic mass is 32.2. The summed E-state index contributed by atoms with van der Waals surface area (Å²) in [6, 6.07) is 11.8. The van der Waals surface area contributed by atoms with Crippen LogP contribution in [0.2, 0.25) is 0 Å². The number of H-pyrrole nitrogens is 1. The molecule has 31 heavy (non-hydrogen) atoms. The molecule has 0 atom stereocenters. The van der Waals surface area contributed by atoms with Crippen molar-refractivity contribution < 1.29 is 31.7 Å². The van der Waals surface area contributed by atoms with Gasteiger partial charge in [0.05, 0.1) is 16.3 Å². The van der Waals surface area contributed by atoms with Gasteiger partial charge in [0.15, 0.2) is 5.67 Å². The number of nitrogens with one attached hydrogen (secondary N) is 3. The molecule has 10 nitrogen and oxygen atoms in total. The van der Waals surface area contributed by atoms with E-state index in [9.17, 15) is 9.18 Å². The topological polar surface area (TPSA) is 165 Å². The standard InChI is InChI=1S/C18H18FN5O2.CH4O3S/c1-18(2,19)14-9-16(26-24-14)23-17(25)22-13-6-3-11(4-7-13)12-5-8-15(20)21-10-12;1-5(2,3)4/h3-10H,1-2H3,(H2,20,21)(H2,22,23,25);1H3,(H,2,3,4). The number of hydrogen-bond acceptors (Lipinski definition) is 7. The molecule has 2 heterocycles. The highest BCUT2D eigenvalue weighted by Gasteiger charge is 2.24. The normalized spacial score (nSPS) is 11.3. The van der Waals surface area contributed by atoms with Gasteiger partial charge in [-0.15, -0.1) is 0 Å². The van der Waals surface area contributed by atoms with Crippen LogP contribution in [0.25, 0.3) is 11.1 Å². The fourth-order valence-electron chi connectivity index (χ4n) is 2.25. The molecule has 0 spiro atoms. The molecule has 5 N–H and O–H groups in total. The van der Waals surface area contributed by atoms with Crippen molar-refractivity contribution in [2.24, 2.45) is 0 Å². The van der Waals surface area contributed by atoms with Crippen LogP contribution in [0.4, 0.5) is 26.6 Å². The van der Waals surface area contributed by atoms with E-state index in [1.165, 1.54) is 19.9 Å². The van der Waals surface area contributed by atoms with Gasteiger partial charge in [-0.1, -0.05) is 17.3 Å². The fourth-order valence-corrected chi connectivity index (χ4v) is 2.25. The Hall–Kier alpha value is -3.51. The minimum Gasteiger partial charge on any atom is -0.748 e. The predicted octanol–water partition coefficient (Wildman–Crippen LogP) is 2.75. The third kappa shape index (κ3) is 8.40. The van der Waals surface area contributed by atoms with E-state index >= 15 is 0 Å². The Morgan fingerprint density at radius 1 is 1.16 bits per heavy atom. The third-order valence-corrected chi connectivity index (χ3v) is 3.67. The molecule has 0 fully saturated rings. The van der Waals surface area contributed by atoms with Crippen molar-refractivity contribution in [1.82, 2.24) is 5.16 Å². The molecule has 2 amide bonds. The first kappa shape index (κ1) is 23.8. The summed E-state index contributed by atoms with van der Waals surface area (Å²) in [6.45, 7) is 2.71. The van der Waals surface area contributed by atoms with Crippen molar-refractivity contribution in [2.45, 2.75) is 19.5 Å². The monoisotopic (exact) mass is 451 g/mol. The van der Waals surface area contributed by atoms with E-state index in [0.717, 1.165) is 11.1 Å². The number of halogens is 1. The van der Waals surface area contributed by atoms with Gasteiger partial charge in [0.2, 0.25) is 5.88 Å². The van der Waals surface area contributed by atoms with Gasteiger partial charge >= 0.3 is 6.03 Å². The van der Waals surface area contributed by atoms with Crippen molar-refractivity contribution in [3.05, 3.63) is 54.4 Å². The lowest BCUT2D eigenvalue weighted by Crippen LogP contribution is -2.19. The highest BCUT2D eigenvalue weighted by molar-refractivity contribution is 7.84. The number of alkyl halides is 1. The van der Waals surface area contributed by atoms with Crippen LogP contribution in [0.5, 0.6) is 0 Å². The van der Waals surface area contributed by atoms with Crippen molar-refractivity contribution in [3.63, 3.8) is 0 Å². The van der Waals surface area contributed by atoms with E-state index in [1.54, 1.807) is 24.4 Å². The summed E-state index contributed by atoms with van der Waals surface area (Å²) in [4.78, 5) is 15.0. The van der Waals surface area contributed by atoms with Gasteiger partial charge in [0, 0.05) is 29.6 Å². The minimum atomic E-state index is -3.92. The second-order valence-electron chi connectivity index (χ2n) is 6.94. The van der Waals surface area contributed by atoms with Crippen LogP contribution >= 0.6 is 0 Å². The smallest absolute Gasteiger partial charge is 0.326 e. The number of nitrogens with two attached hydrogens (primary N) is 1. The second kappa shape index (κ2) is 9.53. The summed E-state index contributed by atoms with van der Waals surface area (Å²) in [5.74, 6) is 0.646. The molecule has 0 aliphatic carbocycles. The number of anilines is 3. The van der Waals surface area contributed by atoms with Gasteiger partial charge in [-0.3, -0.25) is 11.1 Å². The predicted molar refractivity (Wildman–Crippen MR) is 112 cm³/mol. The van der Waals surface area contributed by atoms with Gasteiger partial charge in [-0.05, 0) is 37.6 Å². The molecule has 166 valence electrons. The van der Waals surface area contributed by atoms with Gasteiger partial charge < -0.3 is 14.4 Å². The number of rotatable bonds is 4. The lowest BCUT2D eigenvalue weighted by molar-refractivity contribution is -0.359. The summed E-state index contributed by atoms with van der Waals surface area (Å²) in [5, 5.41) is 8.73. The van der Waals surface area contributed by atoms with Crippen molar-refractivity contribution in [2.75, 3.05) is 22.6 Å². The Bertz CT molecular complexity index is 1120. The number of pyridine rings is 1. The van der Waals surface area contributed by atoms with Crippen molar-refractivity contribution >= 4 is 33.5 Å². The van der Waals surface area contributed by atoms with E-state index in [-0.39, 0.29) is 11.6 Å². The number of aromatic amines is 1. The van der Waals surface area contributed by atoms with Crippen LogP contribution in [0.15, 0.2) is 53.2 Å². The number of carbonyl (C=O) groups excluding carboxylic acids is 1. The third-order valence-electron chi connectivity index (χ3n) is 3.67. The van der Waals surface area contributed by atoms with E-state index in [2.05, 4.69) is 20.8 Å². The lowest BCUT2D eigenvalue weighted by atomic mass is 10.1. The SMILES string of the molecule is CC(C)(F)c1cc(NC(=O)Nc2ccc(-c3ccc(N)[nH+]c3)cc2)on1.CS(=O)(=O)[O-]. The van der Waals surface area contributed by atoms with Gasteiger partial charge in [0.25, 0.3) is 5.82 Å². The number of nitrogen functional groups attached to an aromatic ring is 1. The maximum Gasteiger partial charge on any atom is 0.326 e. The number of nitrogens with zero attached hydrogens (tertiary/aromatic N) is 1. The number of carbonyl (C=O) groups is 1. The molecule has 0 unspecified atom stereocenters. The number of aromatic nitrogens is 2. The molecule has 0 aliphatic heterocycles. The molecule has 12 heteroatoms. The lowest BCUT2D eigenvalue weighted by Gasteiger charge is -2.08. The number of amides is 2. The fraction of sp³-hybridized carbons (Fsp3) is 0.211. The van der Waals surface area contributed by atoms with Crippen LogP contribution < -0.4 is 21.4 Å². The Labute approximate surface area is 178 Å². The zero-order chi connectivity index (χ0) is 23.2. The molecular formula is C19H22FN5O5S. The maximum absolute atomic E-state index is 13.8. The molecule has 1 aromatic carbocycles. The molecular weight excluding hydrogens is 429 g/mol. The summed E-state index contributed by atoms with van der Waals surface area (Å²) in [6.07, 6.45) is 2.41. The van der Waals surface area contributed by atoms with Gasteiger partial charge in [-0.2, -0.15) is 0 Å². The Morgan fingerprint density at radius 3 is 2.23 bits per heavy atom. The summed E-state index contributed by atoms with van der Waals surface area (Å²) in [5.41, 5.74) is 6.63. The molecule has 0 radical (unpaired) electrons. The highest BCUT2D eigenvalue weighted by Crippen LogP contribution is 2.26. The zero-order valence-electron chi connectivity index (χ0n) is 17.0. The van der Waals surface area contributed by atoms with Crippen LogP contribution in [-0.2, 0) is 15.8 Å². The number of urea groups is 1. The minimum absolute atomic E-state index is 0.0669. The molecule has 0 saturated carbocycles. The van der Waals surface area contributed by atoms with E-state index in [4.69, 9.17) is 23.2 Å². The van der Waals surface area contributed by atoms with Gasteiger partial charge in [0.1, 0.15) is 5.69 Å². The second-order valence-corrected chi connectivity index (χ2v) is 8.35. The van der Waals surface area contributed by atoms with Crippen LogP contribution in [0.3, 0.4) is 0 Å². The molecule has 0 bridgehead atoms. The average molecular weight is 451 g/mol. The largest absolute Gasteiger partial charge is 0.748 e. The van der Waals surface area contributed by atoms with Crippen molar-refractivity contribution in [1.29, 1.82) is 0 Å². The number of hydrogen-bond donors (Lipinski definition) is 3. The Balaban J connectivity index is 0.000000614. The summed E-state index contributed by atoms with van der Waals surface area (Å²) in [7, 11) is -3.92. The molecule has 0 saturated heterocycles. The maximum atomic E-state index is 13.8. The zero-order valence-corrected chi connectivity index (χ0v) is 17.8. The van der Waals surface area contributed by atoms with E-state index in [1.807, 2.05) is 18.2 Å². The van der Waals surface area contributed by atoms with Crippen LogP contribution in [-0.4, -0.2) is 30.4 Å². The first-order valence-corrected chi connectivity index (χ1v) is 10.7. The summed E-state index contributed by atoms with van der Waals surface area (Å²) >= 11 is 0. The first-order chi connectivity index (χ1) is 14.3. The molecule has 2 aromatic heterocycles. The van der Waals surface area contributed by atoms with E-state index < -0.39 is 21.8 Å². The van der Waals surface area contributed by atoms with E-state index in [0.29, 0.717) is 17.8 Å². The average Bonchev–Trinajstić information content (AvgIpc) is 3.10. The summed E-state index contributed by atoms with van der Waals surface area (Å²) < 4.78 is 45.9. The van der Waals surface area contributed by atoms with Gasteiger partial charge in [-0.25, -0.2) is 22.6 Å². The van der Waals surface area contributed by atoms with Crippen LogP contribution in [0, 0.1) is 0 Å². The first-order valence-electron chi connectivity index (χ1n) is 8.84. The molecule has 3 aromatic rings. The Kier molecular flexibility index (Phi) is 7.31. The molecule has 0 aliphatic rings. The molecule has 3 rings (SSSR count). The van der Waals surface area contributed by atoms with Crippen LogP contribution in [0.1, 0.15) is 19.5 Å². The Morgan fingerprint density at radius 2 is 1.74 bits per heavy atom. The number of benzene rings is 1.